The molecule has 0 bridgehead atoms. The van der Waals surface area contributed by atoms with Crippen LogP contribution in [0.1, 0.15) is 6.92 Å². The first-order valence-electron chi connectivity index (χ1n) is 7.74. The fourth-order valence-corrected chi connectivity index (χ4v) is 3.59. The lowest BCUT2D eigenvalue weighted by atomic mass is 10.3. The van der Waals surface area contributed by atoms with Crippen molar-refractivity contribution in [1.29, 1.82) is 0 Å². The zero-order valence-corrected chi connectivity index (χ0v) is 14.8. The molecule has 7 heteroatoms. The maximum absolute atomic E-state index is 13.2. The molecule has 0 unspecified atom stereocenters. The molecular formula is C18H20NO5P. The molecule has 0 fully saturated rings. The Balaban J connectivity index is 2.13. The van der Waals surface area contributed by atoms with Crippen LogP contribution >= 0.6 is 7.60 Å². The number of carbonyl (C=O) groups excluding carboxylic acids is 1. The molecule has 2 rings (SSSR count). The van der Waals surface area contributed by atoms with Gasteiger partial charge >= 0.3 is 13.6 Å². The molecule has 0 aliphatic rings. The summed E-state index contributed by atoms with van der Waals surface area (Å²) < 4.78 is 29.2. The second-order valence-electron chi connectivity index (χ2n) is 5.11. The summed E-state index contributed by atoms with van der Waals surface area (Å²) >= 11 is 0. The van der Waals surface area contributed by atoms with Crippen molar-refractivity contribution in [1.82, 2.24) is 4.90 Å². The van der Waals surface area contributed by atoms with Gasteiger partial charge in [-0.15, -0.1) is 0 Å². The lowest BCUT2D eigenvalue weighted by molar-refractivity contribution is -0.143. The molecule has 2 aromatic rings. The van der Waals surface area contributed by atoms with E-state index in [9.17, 15) is 9.36 Å². The molecule has 0 aromatic heterocycles. The van der Waals surface area contributed by atoms with Crippen LogP contribution in [0.25, 0.3) is 0 Å². The minimum Gasteiger partial charge on any atom is -0.465 e. The van der Waals surface area contributed by atoms with Crippen LogP contribution in [0.4, 0.5) is 0 Å². The average molecular weight is 361 g/mol. The summed E-state index contributed by atoms with van der Waals surface area (Å²) in [7, 11) is 2.10. The summed E-state index contributed by atoms with van der Waals surface area (Å²) in [5, 5.41) is 0. The van der Waals surface area contributed by atoms with Crippen molar-refractivity contribution >= 4 is 13.6 Å². The third-order valence-corrected chi connectivity index (χ3v) is 4.66. The smallest absolute Gasteiger partial charge is 0.444 e. The van der Waals surface area contributed by atoms with E-state index in [1.165, 1.54) is 0 Å². The van der Waals surface area contributed by atoms with Crippen molar-refractivity contribution in [2.24, 2.45) is 0 Å². The zero-order chi connectivity index (χ0) is 18.1. The molecule has 2 radical (unpaired) electrons. The summed E-state index contributed by atoms with van der Waals surface area (Å²) in [6.07, 6.45) is -0.282. The van der Waals surface area contributed by atoms with Gasteiger partial charge in [0.1, 0.15) is 17.8 Å². The number of rotatable bonds is 9. The van der Waals surface area contributed by atoms with Crippen LogP contribution in [0.15, 0.2) is 60.7 Å². The largest absolute Gasteiger partial charge is 0.465 e. The number of para-hydroxylation sites is 2. The second kappa shape index (κ2) is 9.25. The van der Waals surface area contributed by atoms with Gasteiger partial charge in [0, 0.05) is 7.05 Å². The van der Waals surface area contributed by atoms with E-state index in [-0.39, 0.29) is 19.4 Å². The number of carbonyl (C=O) groups is 1. The number of nitrogens with zero attached hydrogens (tertiary/aromatic N) is 1. The molecule has 0 saturated carbocycles. The molecule has 25 heavy (non-hydrogen) atoms. The van der Waals surface area contributed by atoms with E-state index in [2.05, 4.69) is 0 Å². The summed E-state index contributed by atoms with van der Waals surface area (Å²) in [4.78, 5) is 12.6. The Labute approximate surface area is 147 Å². The van der Waals surface area contributed by atoms with E-state index >= 15 is 0 Å². The second-order valence-corrected chi connectivity index (χ2v) is 6.98. The van der Waals surface area contributed by atoms with Crippen molar-refractivity contribution in [3.05, 3.63) is 67.7 Å². The fourth-order valence-electron chi connectivity index (χ4n) is 2.01. The minimum atomic E-state index is -3.70. The van der Waals surface area contributed by atoms with E-state index in [1.54, 1.807) is 55.5 Å². The number of hydrogen-bond donors (Lipinski definition) is 0. The molecule has 0 atom stereocenters. The predicted octanol–water partition coefficient (Wildman–Crippen LogP) is 3.83. The first-order valence-corrected chi connectivity index (χ1v) is 9.47. The molecule has 0 aliphatic heterocycles. The Bertz CT molecular complexity index is 662. The SMILES string of the molecule is [CH]N(CC(=O)OCC)CP(=O)(Oc1ccccc1)Oc1ccccc1. The fraction of sp³-hybridized carbons (Fsp3) is 0.222. The Morgan fingerprint density at radius 2 is 1.48 bits per heavy atom. The van der Waals surface area contributed by atoms with Gasteiger partial charge in [-0.05, 0) is 31.2 Å². The highest BCUT2D eigenvalue weighted by Gasteiger charge is 2.31. The molecule has 2 aromatic carbocycles. The van der Waals surface area contributed by atoms with E-state index in [0.717, 1.165) is 4.90 Å². The summed E-state index contributed by atoms with van der Waals surface area (Å²) in [6.45, 7) is 1.71. The number of benzene rings is 2. The van der Waals surface area contributed by atoms with Crippen LogP contribution in [0.3, 0.4) is 0 Å². The molecular weight excluding hydrogens is 341 g/mol. The maximum atomic E-state index is 13.2. The average Bonchev–Trinajstić information content (AvgIpc) is 2.56. The van der Waals surface area contributed by atoms with Gasteiger partial charge in [0.2, 0.25) is 0 Å². The van der Waals surface area contributed by atoms with Crippen LogP contribution in [0.2, 0.25) is 0 Å². The summed E-state index contributed by atoms with van der Waals surface area (Å²) in [6, 6.07) is 17.3. The normalized spacial score (nSPS) is 11.2. The van der Waals surface area contributed by atoms with Crippen LogP contribution in [-0.2, 0) is 14.1 Å². The number of esters is 1. The van der Waals surface area contributed by atoms with Gasteiger partial charge in [0.25, 0.3) is 0 Å². The third-order valence-electron chi connectivity index (χ3n) is 2.97. The number of ether oxygens (including phenoxy) is 1. The van der Waals surface area contributed by atoms with E-state index < -0.39 is 13.6 Å². The van der Waals surface area contributed by atoms with E-state index in [4.69, 9.17) is 20.8 Å². The highest BCUT2D eigenvalue weighted by atomic mass is 31.2. The molecule has 0 spiro atoms. The Morgan fingerprint density at radius 1 is 1.00 bits per heavy atom. The standard InChI is InChI=1S/C18H20NO5P/c1-3-22-18(20)14-19(2)15-25(21,23-16-10-6-4-7-11-16)24-17-12-8-5-9-13-17/h2,4-13H,3,14-15H2,1H3. The van der Waals surface area contributed by atoms with Crippen molar-refractivity contribution in [3.8, 4) is 11.5 Å². The molecule has 0 heterocycles. The van der Waals surface area contributed by atoms with Crippen LogP contribution in [0.5, 0.6) is 11.5 Å². The van der Waals surface area contributed by atoms with Crippen molar-refractivity contribution < 1.29 is 23.1 Å². The first kappa shape index (κ1) is 19.0. The van der Waals surface area contributed by atoms with Gasteiger partial charge in [-0.1, -0.05) is 36.4 Å². The lowest BCUT2D eigenvalue weighted by Crippen LogP contribution is -2.28. The minimum absolute atomic E-state index is 0.228. The van der Waals surface area contributed by atoms with Crippen LogP contribution in [0, 0.1) is 7.05 Å². The lowest BCUT2D eigenvalue weighted by Gasteiger charge is -2.24. The zero-order valence-electron chi connectivity index (χ0n) is 13.9. The monoisotopic (exact) mass is 361 g/mol. The van der Waals surface area contributed by atoms with E-state index in [0.29, 0.717) is 11.5 Å². The van der Waals surface area contributed by atoms with Gasteiger partial charge < -0.3 is 13.8 Å². The van der Waals surface area contributed by atoms with Gasteiger partial charge in [0.15, 0.2) is 0 Å². The first-order chi connectivity index (χ1) is 12.0. The summed E-state index contributed by atoms with van der Waals surface area (Å²) in [5.41, 5.74) is 0. The predicted molar refractivity (Wildman–Crippen MR) is 94.3 cm³/mol. The highest BCUT2D eigenvalue weighted by molar-refractivity contribution is 7.54. The van der Waals surface area contributed by atoms with Crippen LogP contribution in [-0.4, -0.2) is 30.3 Å². The number of hydrogen-bond acceptors (Lipinski definition) is 6. The maximum Gasteiger partial charge on any atom is 0.444 e. The van der Waals surface area contributed by atoms with Gasteiger partial charge in [-0.25, -0.2) is 4.57 Å². The highest BCUT2D eigenvalue weighted by Crippen LogP contribution is 2.48. The summed E-state index contributed by atoms with van der Waals surface area (Å²) in [5.74, 6) is 0.244. The Kier molecular flexibility index (Phi) is 7.04. The Morgan fingerprint density at radius 3 is 1.92 bits per heavy atom. The van der Waals surface area contributed by atoms with Crippen molar-refractivity contribution in [3.63, 3.8) is 0 Å². The van der Waals surface area contributed by atoms with Crippen LogP contribution < -0.4 is 9.05 Å². The van der Waals surface area contributed by atoms with Gasteiger partial charge in [-0.2, -0.15) is 0 Å². The molecule has 0 aliphatic carbocycles. The molecule has 0 N–H and O–H groups in total. The van der Waals surface area contributed by atoms with Gasteiger partial charge in [-0.3, -0.25) is 9.69 Å². The molecule has 0 saturated heterocycles. The van der Waals surface area contributed by atoms with Crippen molar-refractivity contribution in [2.45, 2.75) is 6.92 Å². The van der Waals surface area contributed by atoms with Gasteiger partial charge in [0.05, 0.1) is 13.2 Å². The topological polar surface area (TPSA) is 65.1 Å². The Hall–Kier alpha value is -2.30. The molecule has 0 amide bonds. The van der Waals surface area contributed by atoms with E-state index in [1.807, 2.05) is 12.1 Å². The molecule has 132 valence electrons. The third kappa shape index (κ3) is 6.61. The quantitative estimate of drug-likeness (QED) is 0.384. The van der Waals surface area contributed by atoms with Crippen molar-refractivity contribution in [2.75, 3.05) is 19.4 Å². The molecule has 6 nitrogen and oxygen atoms in total.